The zero-order valence-electron chi connectivity index (χ0n) is 15.9. The Morgan fingerprint density at radius 3 is 2.71 bits per heavy atom. The number of aromatic amines is 1. The lowest BCUT2D eigenvalue weighted by molar-refractivity contribution is -0.113. The number of thioether (sulfide) groups is 1. The van der Waals surface area contributed by atoms with Gasteiger partial charge in [0.2, 0.25) is 17.0 Å². The van der Waals surface area contributed by atoms with Crippen LogP contribution in [0.3, 0.4) is 0 Å². The van der Waals surface area contributed by atoms with E-state index in [2.05, 4.69) is 36.0 Å². The van der Waals surface area contributed by atoms with Crippen molar-refractivity contribution in [1.29, 1.82) is 0 Å². The summed E-state index contributed by atoms with van der Waals surface area (Å²) in [7, 11) is 0. The molecule has 0 spiro atoms. The first-order valence-corrected chi connectivity index (χ1v) is 9.63. The normalized spacial score (nSPS) is 11.3. The van der Waals surface area contributed by atoms with Crippen LogP contribution in [-0.4, -0.2) is 37.5 Å². The van der Waals surface area contributed by atoms with Crippen molar-refractivity contribution in [1.82, 2.24) is 20.2 Å². The van der Waals surface area contributed by atoms with Crippen LogP contribution in [0.4, 0.5) is 11.6 Å². The first-order valence-electron chi connectivity index (χ1n) is 8.65. The van der Waals surface area contributed by atoms with E-state index in [1.54, 1.807) is 12.4 Å². The van der Waals surface area contributed by atoms with Crippen molar-refractivity contribution in [2.75, 3.05) is 16.5 Å². The maximum Gasteiger partial charge on any atom is 0.240 e. The van der Waals surface area contributed by atoms with Gasteiger partial charge >= 0.3 is 0 Å². The Kier molecular flexibility index (Phi) is 6.38. The lowest BCUT2D eigenvalue weighted by Gasteiger charge is -2.10. The average Bonchev–Trinajstić information content (AvgIpc) is 3.16. The molecule has 1 aromatic carbocycles. The van der Waals surface area contributed by atoms with Gasteiger partial charge in [0, 0.05) is 23.6 Å². The second-order valence-electron chi connectivity index (χ2n) is 6.12. The van der Waals surface area contributed by atoms with Gasteiger partial charge in [-0.15, -0.1) is 5.10 Å². The maximum absolute atomic E-state index is 12.2. The smallest absolute Gasteiger partial charge is 0.240 e. The monoisotopic (exact) mass is 395 g/mol. The van der Waals surface area contributed by atoms with E-state index in [-0.39, 0.29) is 11.7 Å². The summed E-state index contributed by atoms with van der Waals surface area (Å²) in [5, 5.41) is 14.5. The number of amides is 1. The fourth-order valence-corrected chi connectivity index (χ4v) is 3.05. The number of carbonyl (C=O) groups is 1. The van der Waals surface area contributed by atoms with Crippen LogP contribution < -0.4 is 10.7 Å². The van der Waals surface area contributed by atoms with Gasteiger partial charge in [0.05, 0.1) is 11.5 Å². The second kappa shape index (κ2) is 9.14. The summed E-state index contributed by atoms with van der Waals surface area (Å²) in [4.78, 5) is 20.6. The number of rotatable bonds is 7. The van der Waals surface area contributed by atoms with E-state index in [0.29, 0.717) is 11.1 Å². The Bertz CT molecular complexity index is 965. The molecule has 0 saturated heterocycles. The molecule has 3 N–H and O–H groups in total. The molecule has 2 heterocycles. The highest BCUT2D eigenvalue weighted by atomic mass is 32.2. The predicted octanol–water partition coefficient (Wildman–Crippen LogP) is 3.38. The predicted molar refractivity (Wildman–Crippen MR) is 112 cm³/mol. The van der Waals surface area contributed by atoms with Crippen LogP contribution in [0.15, 0.2) is 53.0 Å². The number of anilines is 2. The highest BCUT2D eigenvalue weighted by Crippen LogP contribution is 2.20. The average molecular weight is 395 g/mol. The summed E-state index contributed by atoms with van der Waals surface area (Å²) in [5.41, 5.74) is 7.42. The minimum atomic E-state index is -0.104. The van der Waals surface area contributed by atoms with Gasteiger partial charge in [-0.3, -0.25) is 9.78 Å². The van der Waals surface area contributed by atoms with E-state index in [1.165, 1.54) is 11.8 Å². The quantitative estimate of drug-likeness (QED) is 0.321. The molecule has 0 atom stereocenters. The largest absolute Gasteiger partial charge is 0.325 e. The Balaban J connectivity index is 1.53. The zero-order chi connectivity index (χ0) is 19.9. The third-order valence-electron chi connectivity index (χ3n) is 3.95. The number of para-hydroxylation sites is 1. The van der Waals surface area contributed by atoms with Crippen LogP contribution in [0.1, 0.15) is 23.6 Å². The molecular formula is C19H21N7OS. The Labute approximate surface area is 167 Å². The number of H-pyrrole nitrogens is 1. The van der Waals surface area contributed by atoms with Crippen LogP contribution in [0.5, 0.6) is 0 Å². The molecule has 0 radical (unpaired) electrons. The molecule has 3 aromatic rings. The lowest BCUT2D eigenvalue weighted by atomic mass is 10.1. The summed E-state index contributed by atoms with van der Waals surface area (Å²) in [6.07, 6.45) is 3.44. The van der Waals surface area contributed by atoms with Gasteiger partial charge < -0.3 is 5.32 Å². The molecule has 28 heavy (non-hydrogen) atoms. The summed E-state index contributed by atoms with van der Waals surface area (Å²) in [6, 6.07) is 9.68. The molecule has 0 saturated carbocycles. The summed E-state index contributed by atoms with van der Waals surface area (Å²) in [5.74, 6) is 0.510. The molecule has 8 nitrogen and oxygen atoms in total. The van der Waals surface area contributed by atoms with Gasteiger partial charge in [-0.2, -0.15) is 10.1 Å². The lowest BCUT2D eigenvalue weighted by Crippen LogP contribution is -2.15. The maximum atomic E-state index is 12.2. The number of aromatic nitrogens is 4. The number of hydrazone groups is 1. The molecule has 9 heteroatoms. The van der Waals surface area contributed by atoms with Crippen LogP contribution >= 0.6 is 11.8 Å². The Morgan fingerprint density at radius 2 is 2.00 bits per heavy atom. The van der Waals surface area contributed by atoms with Gasteiger partial charge in [0.1, 0.15) is 0 Å². The fraction of sp³-hybridized carbons (Fsp3) is 0.211. The molecule has 0 bridgehead atoms. The fourth-order valence-electron chi connectivity index (χ4n) is 2.46. The number of nitrogens with one attached hydrogen (secondary N) is 3. The van der Waals surface area contributed by atoms with Gasteiger partial charge in [0.25, 0.3) is 0 Å². The molecular weight excluding hydrogens is 374 g/mol. The van der Waals surface area contributed by atoms with E-state index >= 15 is 0 Å². The molecule has 3 rings (SSSR count). The standard InChI is InChI=1S/C19H21N7OS/c1-12-6-4-7-13(2)17(12)21-16(27)11-28-19-22-18(25-26-19)24-23-14(3)15-8-5-9-20-10-15/h4-10H,11H2,1-3H3,(H,21,27)(H2,22,24,25,26)/b23-14-. The molecule has 1 amide bonds. The number of benzene rings is 1. The summed E-state index contributed by atoms with van der Waals surface area (Å²) in [6.45, 7) is 5.81. The molecule has 0 aliphatic heterocycles. The molecule has 0 aliphatic rings. The number of aryl methyl sites for hydroxylation is 2. The Morgan fingerprint density at radius 1 is 1.21 bits per heavy atom. The van der Waals surface area contributed by atoms with Gasteiger partial charge in [-0.05, 0) is 38.0 Å². The van der Waals surface area contributed by atoms with Crippen molar-refractivity contribution < 1.29 is 4.79 Å². The molecule has 2 aromatic heterocycles. The first-order chi connectivity index (χ1) is 13.5. The second-order valence-corrected chi connectivity index (χ2v) is 7.06. The van der Waals surface area contributed by atoms with E-state index in [4.69, 9.17) is 0 Å². The Hall–Kier alpha value is -3.20. The van der Waals surface area contributed by atoms with E-state index in [9.17, 15) is 4.79 Å². The number of pyridine rings is 1. The molecule has 144 valence electrons. The van der Waals surface area contributed by atoms with E-state index < -0.39 is 0 Å². The number of hydrogen-bond acceptors (Lipinski definition) is 7. The minimum absolute atomic E-state index is 0.104. The molecule has 0 unspecified atom stereocenters. The highest BCUT2D eigenvalue weighted by Gasteiger charge is 2.10. The van der Waals surface area contributed by atoms with Crippen molar-refractivity contribution in [2.24, 2.45) is 5.10 Å². The van der Waals surface area contributed by atoms with Crippen molar-refractivity contribution in [3.05, 3.63) is 59.4 Å². The van der Waals surface area contributed by atoms with Gasteiger partial charge in [-0.25, -0.2) is 10.5 Å². The minimum Gasteiger partial charge on any atom is -0.325 e. The van der Waals surface area contributed by atoms with Crippen molar-refractivity contribution in [3.63, 3.8) is 0 Å². The van der Waals surface area contributed by atoms with Crippen LogP contribution in [0.25, 0.3) is 0 Å². The van der Waals surface area contributed by atoms with Crippen molar-refractivity contribution in [2.45, 2.75) is 25.9 Å². The molecule has 0 aliphatic carbocycles. The van der Waals surface area contributed by atoms with E-state index in [0.717, 1.165) is 28.1 Å². The topological polar surface area (TPSA) is 108 Å². The summed E-state index contributed by atoms with van der Waals surface area (Å²) < 4.78 is 0. The third-order valence-corrected chi connectivity index (χ3v) is 4.80. The van der Waals surface area contributed by atoms with Crippen molar-refractivity contribution >= 4 is 35.0 Å². The number of carbonyl (C=O) groups excluding carboxylic acids is 1. The number of nitrogens with zero attached hydrogens (tertiary/aromatic N) is 4. The third kappa shape index (κ3) is 5.17. The summed E-state index contributed by atoms with van der Waals surface area (Å²) >= 11 is 1.25. The van der Waals surface area contributed by atoms with Crippen LogP contribution in [-0.2, 0) is 4.79 Å². The van der Waals surface area contributed by atoms with Crippen molar-refractivity contribution in [3.8, 4) is 0 Å². The SMILES string of the molecule is C/C(=N/Nc1nc(SCC(=O)Nc2c(C)cccc2C)n[nH]1)c1cccnc1. The van der Waals surface area contributed by atoms with Gasteiger partial charge in [-0.1, -0.05) is 36.0 Å². The first kappa shape index (κ1) is 19.6. The highest BCUT2D eigenvalue weighted by molar-refractivity contribution is 7.99. The van der Waals surface area contributed by atoms with E-state index in [1.807, 2.05) is 51.1 Å². The van der Waals surface area contributed by atoms with Crippen LogP contribution in [0, 0.1) is 13.8 Å². The zero-order valence-corrected chi connectivity index (χ0v) is 16.7. The van der Waals surface area contributed by atoms with Crippen LogP contribution in [0.2, 0.25) is 0 Å². The number of hydrogen-bond donors (Lipinski definition) is 3. The van der Waals surface area contributed by atoms with Gasteiger partial charge in [0.15, 0.2) is 0 Å². The molecule has 0 fully saturated rings.